The molecular weight excluding hydrogens is 737 g/mol. The number of benzene rings is 2. The van der Waals surface area contributed by atoms with Gasteiger partial charge in [0.25, 0.3) is 5.56 Å². The smallest absolute Gasteiger partial charge is 0.274 e. The SMILES string of the molecule is N#CC1=C(N)n2c(s/c(=C\c3cn(-c4ccccc4)nc3C34CC5CC(CC(C5)C3)C4)c2=O)=C(C#N)[C@H]1c1cn(-c2ccccc2)nc1C12CC3CC(CC(C3)C1)C2. The Bertz CT molecular complexity index is 2750. The summed E-state index contributed by atoms with van der Waals surface area (Å²) in [6.07, 6.45) is 20.6. The lowest BCUT2D eigenvalue weighted by atomic mass is 9.48. The maximum Gasteiger partial charge on any atom is 0.274 e. The summed E-state index contributed by atoms with van der Waals surface area (Å²) < 4.78 is 6.34. The molecule has 8 fully saturated rings. The highest BCUT2D eigenvalue weighted by Gasteiger charge is 2.55. The number of rotatable bonds is 6. The molecule has 8 bridgehead atoms. The molecule has 9 aliphatic rings. The van der Waals surface area contributed by atoms with Crippen LogP contribution in [-0.2, 0) is 10.8 Å². The molecule has 8 saturated carbocycles. The maximum atomic E-state index is 14.7. The molecule has 9 nitrogen and oxygen atoms in total. The van der Waals surface area contributed by atoms with Gasteiger partial charge >= 0.3 is 0 Å². The molecule has 4 heterocycles. The van der Waals surface area contributed by atoms with Crippen LogP contribution in [0.3, 0.4) is 0 Å². The fourth-order valence-corrected chi connectivity index (χ4v) is 15.4. The quantitative estimate of drug-likeness (QED) is 0.195. The molecular formula is C48H46N8OS. The van der Waals surface area contributed by atoms with Crippen molar-refractivity contribution in [3.8, 4) is 23.5 Å². The third kappa shape index (κ3) is 5.06. The highest BCUT2D eigenvalue weighted by molar-refractivity contribution is 7.07. The Labute approximate surface area is 341 Å². The second kappa shape index (κ2) is 12.5. The zero-order valence-corrected chi connectivity index (χ0v) is 33.4. The van der Waals surface area contributed by atoms with E-state index in [4.69, 9.17) is 15.9 Å². The zero-order valence-electron chi connectivity index (χ0n) is 32.6. The normalized spacial score (nSPS) is 33.1. The van der Waals surface area contributed by atoms with Crippen LogP contribution >= 0.6 is 11.3 Å². The first-order valence-electron chi connectivity index (χ1n) is 21.4. The van der Waals surface area contributed by atoms with E-state index in [2.05, 4.69) is 30.5 Å². The highest BCUT2D eigenvalue weighted by Crippen LogP contribution is 2.63. The van der Waals surface area contributed by atoms with Gasteiger partial charge in [-0.3, -0.25) is 9.36 Å². The Morgan fingerprint density at radius 3 is 1.64 bits per heavy atom. The van der Waals surface area contributed by atoms with Crippen LogP contribution in [0.2, 0.25) is 0 Å². The monoisotopic (exact) mass is 782 g/mol. The van der Waals surface area contributed by atoms with Gasteiger partial charge in [-0.05, 0) is 143 Å². The first kappa shape index (κ1) is 34.6. The summed E-state index contributed by atoms with van der Waals surface area (Å²) in [6, 6.07) is 25.3. The van der Waals surface area contributed by atoms with Gasteiger partial charge in [0, 0.05) is 34.4 Å². The van der Waals surface area contributed by atoms with Gasteiger partial charge in [0.15, 0.2) is 0 Å². The van der Waals surface area contributed by atoms with Gasteiger partial charge in [0.1, 0.15) is 10.5 Å². The lowest BCUT2D eigenvalue weighted by Crippen LogP contribution is -2.49. The van der Waals surface area contributed by atoms with E-state index in [0.717, 1.165) is 90.2 Å². The lowest BCUT2D eigenvalue weighted by Gasteiger charge is -2.56. The molecule has 1 aliphatic heterocycles. The Morgan fingerprint density at radius 2 is 1.14 bits per heavy atom. The third-order valence-corrected chi connectivity index (χ3v) is 16.7. The molecule has 14 rings (SSSR count). The Morgan fingerprint density at radius 1 is 0.672 bits per heavy atom. The van der Waals surface area contributed by atoms with Crippen molar-refractivity contribution in [1.29, 1.82) is 10.5 Å². The van der Waals surface area contributed by atoms with E-state index in [9.17, 15) is 15.3 Å². The van der Waals surface area contributed by atoms with Crippen molar-refractivity contribution < 1.29 is 0 Å². The molecule has 0 saturated heterocycles. The molecule has 8 aliphatic carbocycles. The summed E-state index contributed by atoms with van der Waals surface area (Å²) in [4.78, 5) is 14.7. The van der Waals surface area contributed by atoms with Crippen LogP contribution < -0.4 is 20.5 Å². The Kier molecular flexibility index (Phi) is 7.47. The molecule has 0 spiro atoms. The Balaban J connectivity index is 1.05. The van der Waals surface area contributed by atoms with Crippen LogP contribution in [0.15, 0.2) is 83.4 Å². The van der Waals surface area contributed by atoms with E-state index in [1.54, 1.807) is 0 Å². The summed E-state index contributed by atoms with van der Waals surface area (Å²) in [5.41, 5.74) is 13.0. The minimum atomic E-state index is -0.732. The van der Waals surface area contributed by atoms with Gasteiger partial charge in [-0.15, -0.1) is 11.3 Å². The summed E-state index contributed by atoms with van der Waals surface area (Å²) in [5.74, 6) is 3.60. The highest BCUT2D eigenvalue weighted by atomic mass is 32.1. The zero-order chi connectivity index (χ0) is 38.9. The standard InChI is InChI=1S/C48H46N8OS/c49-24-37-41(39-27-55(36-9-5-2-6-10-36)53-43(39)48-21-31-14-32(22-48)16-33(15-31)23-48)38(25-50)46-56(44(37)51)45(57)40(58-46)17-34-26-54(35-7-3-1-4-8-35)52-42(34)47-18-28-11-29(19-47)13-30(12-28)20-47/h1-10,17,26-33,41H,11-16,18-23,51H2/b40-17-/t28?,29?,30?,31?,32?,33?,41-,47?,48?/m0/s1. The van der Waals surface area contributed by atoms with Crippen molar-refractivity contribution >= 4 is 28.8 Å². The minimum Gasteiger partial charge on any atom is -0.384 e. The molecule has 290 valence electrons. The van der Waals surface area contributed by atoms with Gasteiger partial charge in [0.2, 0.25) is 0 Å². The molecule has 3 aromatic heterocycles. The average Bonchev–Trinajstić information content (AvgIpc) is 3.94. The van der Waals surface area contributed by atoms with Crippen molar-refractivity contribution in [2.75, 3.05) is 0 Å². The van der Waals surface area contributed by atoms with Crippen molar-refractivity contribution in [2.24, 2.45) is 41.2 Å². The molecule has 10 heteroatoms. The number of hydrogen-bond donors (Lipinski definition) is 1. The first-order chi connectivity index (χ1) is 28.3. The molecule has 2 aromatic carbocycles. The van der Waals surface area contributed by atoms with Crippen LogP contribution in [0.5, 0.6) is 0 Å². The number of thiazole rings is 1. The van der Waals surface area contributed by atoms with Crippen LogP contribution in [0.1, 0.15) is 105 Å². The van der Waals surface area contributed by atoms with Gasteiger partial charge in [-0.1, -0.05) is 36.4 Å². The van der Waals surface area contributed by atoms with E-state index < -0.39 is 5.92 Å². The van der Waals surface area contributed by atoms with Crippen molar-refractivity contribution in [3.05, 3.63) is 121 Å². The molecule has 0 amide bonds. The molecule has 1 atom stereocenters. The van der Waals surface area contributed by atoms with E-state index in [-0.39, 0.29) is 27.8 Å². The topological polar surface area (TPSA) is 131 Å². The number of fused-ring (bicyclic) bond motifs is 1. The van der Waals surface area contributed by atoms with Crippen LogP contribution in [0, 0.1) is 58.2 Å². The number of nitriles is 2. The van der Waals surface area contributed by atoms with Gasteiger partial charge in [-0.25, -0.2) is 9.36 Å². The predicted molar refractivity (Wildman–Crippen MR) is 223 cm³/mol. The molecule has 0 unspecified atom stereocenters. The van der Waals surface area contributed by atoms with E-state index in [1.807, 2.05) is 70.2 Å². The van der Waals surface area contributed by atoms with Gasteiger partial charge < -0.3 is 5.73 Å². The summed E-state index contributed by atoms with van der Waals surface area (Å²) in [6.45, 7) is 0. The van der Waals surface area contributed by atoms with E-state index >= 15 is 0 Å². The van der Waals surface area contributed by atoms with Crippen LogP contribution in [0.4, 0.5) is 0 Å². The number of para-hydroxylation sites is 2. The fraction of sp³-hybridized carbons (Fsp3) is 0.438. The van der Waals surface area contributed by atoms with Crippen LogP contribution in [0.25, 0.3) is 28.8 Å². The number of allylic oxidation sites excluding steroid dienone is 1. The third-order valence-electron chi connectivity index (χ3n) is 15.6. The number of aromatic nitrogens is 5. The average molecular weight is 783 g/mol. The lowest BCUT2D eigenvalue weighted by molar-refractivity contribution is -0.00778. The fourth-order valence-electron chi connectivity index (χ4n) is 14.2. The van der Waals surface area contributed by atoms with Crippen molar-refractivity contribution in [1.82, 2.24) is 24.1 Å². The Hall–Kier alpha value is -5.45. The largest absolute Gasteiger partial charge is 0.384 e. The summed E-state index contributed by atoms with van der Waals surface area (Å²) in [7, 11) is 0. The first-order valence-corrected chi connectivity index (χ1v) is 22.2. The number of hydrogen-bond acceptors (Lipinski definition) is 7. The van der Waals surface area contributed by atoms with Gasteiger partial charge in [-0.2, -0.15) is 20.7 Å². The molecule has 5 aromatic rings. The van der Waals surface area contributed by atoms with Crippen molar-refractivity contribution in [3.63, 3.8) is 0 Å². The van der Waals surface area contributed by atoms with Crippen molar-refractivity contribution in [2.45, 2.75) is 93.8 Å². The van der Waals surface area contributed by atoms with Gasteiger partial charge in [0.05, 0.1) is 56.5 Å². The van der Waals surface area contributed by atoms with E-state index in [1.165, 1.54) is 54.4 Å². The minimum absolute atomic E-state index is 0.0117. The summed E-state index contributed by atoms with van der Waals surface area (Å²) >= 11 is 1.31. The van der Waals surface area contributed by atoms with Crippen LogP contribution in [-0.4, -0.2) is 24.1 Å². The summed E-state index contributed by atoms with van der Waals surface area (Å²) in [5, 5.41) is 32.9. The molecule has 2 N–H and O–H groups in total. The second-order valence-electron chi connectivity index (χ2n) is 19.2. The molecule has 58 heavy (non-hydrogen) atoms. The molecule has 0 radical (unpaired) electrons. The maximum absolute atomic E-state index is 14.7. The predicted octanol–water partition coefficient (Wildman–Crippen LogP) is 7.17. The number of nitrogens with zero attached hydrogens (tertiary/aromatic N) is 7. The van der Waals surface area contributed by atoms with E-state index in [0.29, 0.717) is 32.5 Å². The second-order valence-corrected chi connectivity index (χ2v) is 20.3. The number of nitrogens with two attached hydrogens (primary N) is 1.